The minimum Gasteiger partial charge on any atom is -0.352 e. The van der Waals surface area contributed by atoms with Gasteiger partial charge in [-0.25, -0.2) is 0 Å². The molecule has 1 atom stereocenters. The van der Waals surface area contributed by atoms with Crippen molar-refractivity contribution in [2.75, 3.05) is 0 Å². The summed E-state index contributed by atoms with van der Waals surface area (Å²) in [5.41, 5.74) is 0. The highest BCUT2D eigenvalue weighted by Gasteiger charge is 1.63. The van der Waals surface area contributed by atoms with Crippen molar-refractivity contribution in [3.63, 3.8) is 0 Å². The lowest BCUT2D eigenvalue weighted by molar-refractivity contribution is 0.554. The Morgan fingerprint density at radius 2 is 2.60 bits per heavy atom. The van der Waals surface area contributed by atoms with Crippen LogP contribution >= 0.6 is 16.6 Å². The van der Waals surface area contributed by atoms with Crippen molar-refractivity contribution in [3.8, 4) is 0 Å². The zero-order chi connectivity index (χ0) is 4.12. The van der Waals surface area contributed by atoms with Gasteiger partial charge in [-0.05, 0) is 11.8 Å². The van der Waals surface area contributed by atoms with Gasteiger partial charge in [0, 0.05) is 0 Å². The van der Waals surface area contributed by atoms with Crippen molar-refractivity contribution >= 4 is 28.4 Å². The Bertz CT molecular complexity index is 28.8. The average Bonchev–Trinajstić information content (AvgIpc) is 1.41. The molecule has 0 aromatic heterocycles. The summed E-state index contributed by atoms with van der Waals surface area (Å²) in [5, 5.41) is 0. The molecule has 0 saturated heterocycles. The predicted molar refractivity (Wildman–Crippen MR) is 25.9 cm³/mol. The summed E-state index contributed by atoms with van der Waals surface area (Å²) in [4.78, 5) is 7.80. The molecular weight excluding hydrogens is 126 g/mol. The fraction of sp³-hybridized carbons (Fsp3) is 0. The van der Waals surface area contributed by atoms with Crippen LogP contribution in [0.2, 0.25) is 0 Å². The van der Waals surface area contributed by atoms with Gasteiger partial charge in [-0.15, -0.1) is 0 Å². The van der Waals surface area contributed by atoms with E-state index >= 15 is 0 Å². The molecule has 0 aromatic rings. The highest BCUT2D eigenvalue weighted by molar-refractivity contribution is 7.95. The molecule has 5 heteroatoms. The molecule has 2 nitrogen and oxygen atoms in total. The van der Waals surface area contributed by atoms with Gasteiger partial charge in [0.15, 0.2) is 9.03 Å². The minimum atomic E-state index is -0.459. The van der Waals surface area contributed by atoms with Crippen LogP contribution in [0.5, 0.6) is 0 Å². The molecule has 1 N–H and O–H groups in total. The van der Waals surface area contributed by atoms with Crippen LogP contribution in [0.3, 0.4) is 0 Å². The van der Waals surface area contributed by atoms with Gasteiger partial charge in [-0.1, -0.05) is 0 Å². The molecule has 0 aliphatic rings. The van der Waals surface area contributed by atoms with Gasteiger partial charge < -0.3 is 4.89 Å². The van der Waals surface area contributed by atoms with Crippen molar-refractivity contribution in [1.29, 1.82) is 0 Å². The molecule has 5 heavy (non-hydrogen) atoms. The summed E-state index contributed by atoms with van der Waals surface area (Å²) in [6.07, 6.45) is 0. The van der Waals surface area contributed by atoms with Crippen molar-refractivity contribution in [2.24, 2.45) is 0 Å². The lowest BCUT2D eigenvalue weighted by Gasteiger charge is -1.74. The zero-order valence-electron chi connectivity index (χ0n) is 2.21. The van der Waals surface area contributed by atoms with Crippen molar-refractivity contribution in [1.82, 2.24) is 0 Å². The first-order valence-electron chi connectivity index (χ1n) is 0.793. The maximum atomic E-state index is 7.80. The second-order valence-corrected chi connectivity index (χ2v) is 1.77. The van der Waals surface area contributed by atoms with Crippen LogP contribution in [0, 0.1) is 0 Å². The maximum Gasteiger partial charge on any atom is 0.163 e. The van der Waals surface area contributed by atoms with E-state index in [0.717, 1.165) is 0 Å². The quantitative estimate of drug-likeness (QED) is 0.558. The molecule has 30 valence electrons. The van der Waals surface area contributed by atoms with E-state index in [1.807, 2.05) is 0 Å². The third kappa shape index (κ3) is 4.87. The molecule has 0 amide bonds. The van der Waals surface area contributed by atoms with Crippen LogP contribution in [0.25, 0.3) is 0 Å². The zero-order valence-corrected chi connectivity index (χ0v) is 4.92. The molecule has 0 aromatic carbocycles. The first kappa shape index (κ1) is 5.87. The van der Waals surface area contributed by atoms with Gasteiger partial charge >= 0.3 is 0 Å². The molecular formula is H2O2P2S. The average molecular weight is 128 g/mol. The smallest absolute Gasteiger partial charge is 0.163 e. The fourth-order valence-electron chi connectivity index (χ4n) is 0.0167. The van der Waals surface area contributed by atoms with Crippen LogP contribution < -0.4 is 0 Å². The molecule has 1 unspecified atom stereocenters. The van der Waals surface area contributed by atoms with E-state index in [1.165, 1.54) is 0 Å². The summed E-state index contributed by atoms with van der Waals surface area (Å²) in [6, 6.07) is 0. The van der Waals surface area contributed by atoms with E-state index < -0.39 is 9.03 Å². The Morgan fingerprint density at radius 1 is 2.00 bits per heavy atom. The Labute approximate surface area is 38.4 Å². The second-order valence-electron chi connectivity index (χ2n) is 0.257. The standard InChI is InChI=1S/H2O2P2S/c1-3-2-4-5/h1,3H. The fourth-order valence-corrected chi connectivity index (χ4v) is 0.450. The van der Waals surface area contributed by atoms with Crippen LogP contribution in [0.4, 0.5) is 0 Å². The predicted octanol–water partition coefficient (Wildman–Crippen LogP) is 0.827. The topological polar surface area (TPSA) is 29.5 Å². The van der Waals surface area contributed by atoms with E-state index in [2.05, 4.69) is 16.1 Å². The number of hydrogen-bond donors (Lipinski definition) is 1. The van der Waals surface area contributed by atoms with Gasteiger partial charge in [0.05, 0.1) is 0 Å². The number of rotatable bonds is 2. The van der Waals surface area contributed by atoms with Crippen molar-refractivity contribution in [3.05, 3.63) is 0 Å². The Morgan fingerprint density at radius 3 is 2.60 bits per heavy atom. The van der Waals surface area contributed by atoms with Crippen LogP contribution in [-0.2, 0) is 16.1 Å². The lowest BCUT2D eigenvalue weighted by Crippen LogP contribution is -1.37. The van der Waals surface area contributed by atoms with E-state index in [0.29, 0.717) is 7.58 Å². The van der Waals surface area contributed by atoms with Crippen LogP contribution in [0.15, 0.2) is 0 Å². The van der Waals surface area contributed by atoms with Crippen LogP contribution in [0.1, 0.15) is 0 Å². The summed E-state index contributed by atoms with van der Waals surface area (Å²) in [7, 11) is -0.0833. The molecule has 0 radical (unpaired) electrons. The summed E-state index contributed by atoms with van der Waals surface area (Å²) in [5.74, 6) is 0. The summed E-state index contributed by atoms with van der Waals surface area (Å²) in [6.45, 7) is 0. The van der Waals surface area contributed by atoms with E-state index in [-0.39, 0.29) is 0 Å². The number of hydrogen-bond acceptors (Lipinski definition) is 3. The van der Waals surface area contributed by atoms with Crippen molar-refractivity contribution in [2.45, 2.75) is 0 Å². The monoisotopic (exact) mass is 128 g/mol. The molecule has 0 saturated carbocycles. The highest BCUT2D eigenvalue weighted by Crippen LogP contribution is 2.11. The largest absolute Gasteiger partial charge is 0.352 e. The molecule has 0 heterocycles. The van der Waals surface area contributed by atoms with Gasteiger partial charge in [-0.3, -0.25) is 4.31 Å². The van der Waals surface area contributed by atoms with E-state index in [9.17, 15) is 0 Å². The van der Waals surface area contributed by atoms with Gasteiger partial charge in [0.1, 0.15) is 7.58 Å². The summed E-state index contributed by atoms with van der Waals surface area (Å²) < 4.78 is 4.20. The minimum absolute atomic E-state index is 0.375. The van der Waals surface area contributed by atoms with Gasteiger partial charge in [0.2, 0.25) is 0 Å². The van der Waals surface area contributed by atoms with Crippen LogP contribution in [-0.4, -0.2) is 4.89 Å². The first-order valence-corrected chi connectivity index (χ1v) is 3.47. The molecule has 0 aliphatic heterocycles. The Hall–Kier alpha value is 0.870. The third-order valence-corrected chi connectivity index (χ3v) is 1.37. The van der Waals surface area contributed by atoms with Gasteiger partial charge in [0.25, 0.3) is 0 Å². The molecule has 0 aliphatic carbocycles. The lowest BCUT2D eigenvalue weighted by atomic mass is 15.8. The van der Waals surface area contributed by atoms with E-state index in [1.54, 1.807) is 0 Å². The normalized spacial score (nSPS) is 11.4. The first-order chi connectivity index (χ1) is 2.41. The molecule has 0 fully saturated rings. The third-order valence-electron chi connectivity index (χ3n) is 0.0781. The maximum absolute atomic E-state index is 7.80. The Kier molecular flexibility index (Phi) is 5.72. The SMILES string of the molecule is OPOP=S. The second kappa shape index (κ2) is 4.87. The molecule has 0 bridgehead atoms. The molecule has 0 rings (SSSR count). The highest BCUT2D eigenvalue weighted by atomic mass is 32.4. The summed E-state index contributed by atoms with van der Waals surface area (Å²) >= 11 is 4.25. The van der Waals surface area contributed by atoms with Gasteiger partial charge in [-0.2, -0.15) is 0 Å². The van der Waals surface area contributed by atoms with E-state index in [4.69, 9.17) is 4.89 Å². The Balaban J connectivity index is 2.40. The molecule has 0 spiro atoms. The van der Waals surface area contributed by atoms with Crippen molar-refractivity contribution < 1.29 is 9.20 Å².